The van der Waals surface area contributed by atoms with Crippen LogP contribution in [0.1, 0.15) is 32.1 Å². The third kappa shape index (κ3) is 5.46. The van der Waals surface area contributed by atoms with Crippen molar-refractivity contribution in [2.45, 2.75) is 38.1 Å². The van der Waals surface area contributed by atoms with Crippen molar-refractivity contribution in [1.82, 2.24) is 4.90 Å². The number of carboxylic acids is 1. The number of aliphatic carboxylic acids is 1. The van der Waals surface area contributed by atoms with Crippen molar-refractivity contribution in [3.8, 4) is 0 Å². The Morgan fingerprint density at radius 1 is 1.25 bits per heavy atom. The van der Waals surface area contributed by atoms with Crippen LogP contribution in [0.15, 0.2) is 0 Å². The molecular formula is C12H22N2O5S. The van der Waals surface area contributed by atoms with Gasteiger partial charge in [0, 0.05) is 12.5 Å². The fraction of sp³-hybridized carbons (Fsp3) is 0.833. The first-order chi connectivity index (χ1) is 9.35. The first-order valence-corrected chi connectivity index (χ1v) is 8.59. The van der Waals surface area contributed by atoms with E-state index in [1.54, 1.807) is 0 Å². The molecule has 1 heterocycles. The summed E-state index contributed by atoms with van der Waals surface area (Å²) in [6, 6.07) is -0.502. The molecular weight excluding hydrogens is 284 g/mol. The van der Waals surface area contributed by atoms with E-state index in [4.69, 9.17) is 10.8 Å². The first-order valence-electron chi connectivity index (χ1n) is 6.77. The molecule has 1 saturated heterocycles. The highest BCUT2D eigenvalue weighted by molar-refractivity contribution is 7.91. The number of carbonyl (C=O) groups excluding carboxylic acids is 1. The van der Waals surface area contributed by atoms with Crippen LogP contribution >= 0.6 is 0 Å². The van der Waals surface area contributed by atoms with Crippen LogP contribution in [0.3, 0.4) is 0 Å². The fourth-order valence-corrected chi connectivity index (χ4v) is 4.06. The number of hydrogen-bond acceptors (Lipinski definition) is 5. The molecule has 0 saturated carbocycles. The van der Waals surface area contributed by atoms with Crippen LogP contribution in [-0.2, 0) is 19.4 Å². The summed E-state index contributed by atoms with van der Waals surface area (Å²) in [5.74, 6) is -1.51. The predicted molar refractivity (Wildman–Crippen MR) is 73.9 cm³/mol. The number of rotatable bonds is 8. The van der Waals surface area contributed by atoms with Gasteiger partial charge < -0.3 is 15.7 Å². The van der Waals surface area contributed by atoms with Gasteiger partial charge in [-0.2, -0.15) is 0 Å². The zero-order valence-electron chi connectivity index (χ0n) is 11.5. The highest BCUT2D eigenvalue weighted by Crippen LogP contribution is 2.19. The van der Waals surface area contributed by atoms with Crippen molar-refractivity contribution in [3.05, 3.63) is 0 Å². The molecule has 0 bridgehead atoms. The molecule has 3 N–H and O–H groups in total. The Balaban J connectivity index is 2.60. The number of unbranched alkanes of at least 4 members (excludes halogenated alkanes) is 2. The van der Waals surface area contributed by atoms with Gasteiger partial charge in [0.2, 0.25) is 5.91 Å². The molecule has 8 heteroatoms. The molecule has 1 amide bonds. The van der Waals surface area contributed by atoms with Gasteiger partial charge in [-0.15, -0.1) is 0 Å². The lowest BCUT2D eigenvalue weighted by Gasteiger charge is -2.26. The van der Waals surface area contributed by atoms with E-state index >= 15 is 0 Å². The van der Waals surface area contributed by atoms with Crippen LogP contribution in [0.5, 0.6) is 0 Å². The first kappa shape index (κ1) is 16.9. The number of nitrogens with zero attached hydrogens (tertiary/aromatic N) is 1. The van der Waals surface area contributed by atoms with Gasteiger partial charge in [-0.05, 0) is 25.8 Å². The van der Waals surface area contributed by atoms with Crippen molar-refractivity contribution in [3.63, 3.8) is 0 Å². The minimum atomic E-state index is -3.14. The zero-order chi connectivity index (χ0) is 15.2. The highest BCUT2D eigenvalue weighted by atomic mass is 32.2. The summed E-state index contributed by atoms with van der Waals surface area (Å²) in [5, 5.41) is 8.87. The summed E-state index contributed by atoms with van der Waals surface area (Å²) in [4.78, 5) is 24.1. The Hall–Kier alpha value is -1.15. The molecule has 1 aliphatic heterocycles. The Morgan fingerprint density at radius 2 is 1.95 bits per heavy atom. The summed E-state index contributed by atoms with van der Waals surface area (Å²) in [5.41, 5.74) is 5.36. The van der Waals surface area contributed by atoms with Crippen LogP contribution in [0.25, 0.3) is 0 Å². The molecule has 116 valence electrons. The van der Waals surface area contributed by atoms with Gasteiger partial charge in [-0.3, -0.25) is 9.59 Å². The Morgan fingerprint density at radius 3 is 2.45 bits per heavy atom. The maximum Gasteiger partial charge on any atom is 0.323 e. The SMILES string of the molecule is NCCCCCC(=O)N(CC(=O)O)C1CCS(=O)(=O)C1. The summed E-state index contributed by atoms with van der Waals surface area (Å²) < 4.78 is 22.9. The van der Waals surface area contributed by atoms with Crippen molar-refractivity contribution in [1.29, 1.82) is 0 Å². The van der Waals surface area contributed by atoms with Crippen LogP contribution in [-0.4, -0.2) is 60.9 Å². The zero-order valence-corrected chi connectivity index (χ0v) is 12.3. The van der Waals surface area contributed by atoms with Crippen LogP contribution in [0.2, 0.25) is 0 Å². The molecule has 0 aromatic heterocycles. The van der Waals surface area contributed by atoms with E-state index < -0.39 is 28.4 Å². The Kier molecular flexibility index (Phi) is 6.41. The van der Waals surface area contributed by atoms with Gasteiger partial charge in [-0.1, -0.05) is 6.42 Å². The molecule has 0 spiro atoms. The third-order valence-electron chi connectivity index (χ3n) is 3.37. The standard InChI is InChI=1S/C12H22N2O5S/c13-6-3-1-2-4-11(15)14(8-12(16)17)10-5-7-20(18,19)9-10/h10H,1-9,13H2,(H,16,17). The molecule has 0 aromatic carbocycles. The second kappa shape index (κ2) is 7.58. The predicted octanol–water partition coefficient (Wildman–Crippen LogP) is -0.394. The molecule has 0 aromatic rings. The fourth-order valence-electron chi connectivity index (χ4n) is 2.33. The van der Waals surface area contributed by atoms with E-state index in [0.29, 0.717) is 19.4 Å². The molecule has 1 unspecified atom stereocenters. The summed E-state index contributed by atoms with van der Waals surface area (Å²) in [7, 11) is -3.14. The van der Waals surface area contributed by atoms with E-state index in [1.165, 1.54) is 4.90 Å². The number of amides is 1. The van der Waals surface area contributed by atoms with Crippen molar-refractivity contribution >= 4 is 21.7 Å². The minimum absolute atomic E-state index is 0.0221. The van der Waals surface area contributed by atoms with Gasteiger partial charge in [0.25, 0.3) is 0 Å². The van der Waals surface area contributed by atoms with E-state index in [-0.39, 0.29) is 23.8 Å². The van der Waals surface area contributed by atoms with Crippen LogP contribution in [0.4, 0.5) is 0 Å². The van der Waals surface area contributed by atoms with E-state index in [0.717, 1.165) is 12.8 Å². The number of carbonyl (C=O) groups is 2. The molecule has 20 heavy (non-hydrogen) atoms. The Labute approximate surface area is 119 Å². The molecule has 1 atom stereocenters. The normalized spacial score (nSPS) is 20.8. The lowest BCUT2D eigenvalue weighted by atomic mass is 10.1. The second-order valence-corrected chi connectivity index (χ2v) is 7.30. The minimum Gasteiger partial charge on any atom is -0.480 e. The van der Waals surface area contributed by atoms with Crippen LogP contribution < -0.4 is 5.73 Å². The molecule has 1 fully saturated rings. The van der Waals surface area contributed by atoms with Crippen LogP contribution in [0, 0.1) is 0 Å². The number of carboxylic acid groups (broad SMARTS) is 1. The smallest absolute Gasteiger partial charge is 0.323 e. The molecule has 0 radical (unpaired) electrons. The quantitative estimate of drug-likeness (QED) is 0.589. The van der Waals surface area contributed by atoms with Crippen molar-refractivity contribution in [2.75, 3.05) is 24.6 Å². The van der Waals surface area contributed by atoms with E-state index in [2.05, 4.69) is 0 Å². The Bertz CT molecular complexity index is 449. The van der Waals surface area contributed by atoms with Gasteiger partial charge in [0.15, 0.2) is 9.84 Å². The van der Waals surface area contributed by atoms with E-state index in [1.807, 2.05) is 0 Å². The van der Waals surface area contributed by atoms with Crippen molar-refractivity contribution in [2.24, 2.45) is 5.73 Å². The highest BCUT2D eigenvalue weighted by Gasteiger charge is 2.35. The lowest BCUT2D eigenvalue weighted by molar-refractivity contribution is -0.146. The van der Waals surface area contributed by atoms with Gasteiger partial charge in [-0.25, -0.2) is 8.42 Å². The molecule has 1 rings (SSSR count). The topological polar surface area (TPSA) is 118 Å². The molecule has 1 aliphatic rings. The van der Waals surface area contributed by atoms with Gasteiger partial charge in [0.05, 0.1) is 11.5 Å². The third-order valence-corrected chi connectivity index (χ3v) is 5.12. The second-order valence-electron chi connectivity index (χ2n) is 5.07. The average molecular weight is 306 g/mol. The lowest BCUT2D eigenvalue weighted by Crippen LogP contribution is -2.44. The molecule has 0 aliphatic carbocycles. The summed E-state index contributed by atoms with van der Waals surface area (Å²) in [6.45, 7) is 0.129. The number of nitrogens with two attached hydrogens (primary N) is 1. The van der Waals surface area contributed by atoms with E-state index in [9.17, 15) is 18.0 Å². The largest absolute Gasteiger partial charge is 0.480 e. The average Bonchev–Trinajstić information content (AvgIpc) is 2.71. The summed E-state index contributed by atoms with van der Waals surface area (Å²) >= 11 is 0. The maximum absolute atomic E-state index is 12.1. The number of hydrogen-bond donors (Lipinski definition) is 2. The maximum atomic E-state index is 12.1. The number of sulfone groups is 1. The molecule has 7 nitrogen and oxygen atoms in total. The monoisotopic (exact) mass is 306 g/mol. The van der Waals surface area contributed by atoms with Gasteiger partial charge in [0.1, 0.15) is 6.54 Å². The summed E-state index contributed by atoms with van der Waals surface area (Å²) in [6.07, 6.45) is 2.84. The van der Waals surface area contributed by atoms with Crippen molar-refractivity contribution < 1.29 is 23.1 Å². The van der Waals surface area contributed by atoms with Gasteiger partial charge >= 0.3 is 5.97 Å².